The zero-order chi connectivity index (χ0) is 38.0. The number of benzene rings is 3. The molecule has 1 fully saturated rings. The lowest BCUT2D eigenvalue weighted by Gasteiger charge is -2.31. The number of likely N-dealkylation sites (tertiary alicyclic amines) is 1. The number of thiophene rings is 1. The first-order valence-corrected chi connectivity index (χ1v) is 19.5. The number of hydrogen-bond donors (Lipinski definition) is 2. The summed E-state index contributed by atoms with van der Waals surface area (Å²) in [6.07, 6.45) is 13.3. The van der Waals surface area contributed by atoms with Crippen LogP contribution in [-0.2, 0) is 11.4 Å². The van der Waals surface area contributed by atoms with Crippen LogP contribution < -0.4 is 15.4 Å². The van der Waals surface area contributed by atoms with Gasteiger partial charge in [0.1, 0.15) is 30.3 Å². The molecule has 3 aromatic heterocycles. The summed E-state index contributed by atoms with van der Waals surface area (Å²) in [6.45, 7) is 2.34. The molecule has 9 nitrogen and oxygen atoms in total. The van der Waals surface area contributed by atoms with E-state index < -0.39 is 0 Å². The number of anilines is 2. The minimum absolute atomic E-state index is 0.0727. The second kappa shape index (κ2) is 18.1. The van der Waals surface area contributed by atoms with E-state index >= 15 is 0 Å². The summed E-state index contributed by atoms with van der Waals surface area (Å²) in [4.78, 5) is 42.3. The Morgan fingerprint density at radius 2 is 1.87 bits per heavy atom. The molecular weight excluding hydrogens is 735 g/mol. The van der Waals surface area contributed by atoms with Gasteiger partial charge >= 0.3 is 0 Å². The van der Waals surface area contributed by atoms with Crippen LogP contribution in [0.3, 0.4) is 0 Å². The van der Waals surface area contributed by atoms with Crippen molar-refractivity contribution < 1.29 is 18.7 Å². The van der Waals surface area contributed by atoms with Crippen molar-refractivity contribution >= 4 is 63.2 Å². The molecule has 3 aromatic carbocycles. The predicted molar refractivity (Wildman–Crippen MR) is 217 cm³/mol. The zero-order valence-corrected chi connectivity index (χ0v) is 31.7. The first-order valence-electron chi connectivity index (χ1n) is 18.3. The summed E-state index contributed by atoms with van der Waals surface area (Å²) >= 11 is 8.04. The van der Waals surface area contributed by atoms with Crippen molar-refractivity contribution in [3.63, 3.8) is 0 Å². The van der Waals surface area contributed by atoms with Crippen molar-refractivity contribution in [2.45, 2.75) is 38.7 Å². The largest absolute Gasteiger partial charge is 0.487 e. The Bertz CT molecular complexity index is 2290. The molecule has 2 amide bonds. The number of ether oxygens (including phenoxy) is 1. The Morgan fingerprint density at radius 1 is 0.982 bits per heavy atom. The van der Waals surface area contributed by atoms with Crippen molar-refractivity contribution in [2.75, 3.05) is 25.0 Å². The van der Waals surface area contributed by atoms with E-state index in [-0.39, 0.29) is 24.2 Å². The molecule has 0 radical (unpaired) electrons. The number of amides is 2. The van der Waals surface area contributed by atoms with Crippen LogP contribution in [0.4, 0.5) is 15.9 Å². The van der Waals surface area contributed by atoms with Gasteiger partial charge in [0.25, 0.3) is 5.91 Å². The summed E-state index contributed by atoms with van der Waals surface area (Å²) in [5.41, 5.74) is 4.06. The summed E-state index contributed by atoms with van der Waals surface area (Å²) < 4.78 is 19.4. The van der Waals surface area contributed by atoms with Crippen LogP contribution in [0.15, 0.2) is 110 Å². The van der Waals surface area contributed by atoms with Crippen molar-refractivity contribution in [1.82, 2.24) is 25.2 Å². The van der Waals surface area contributed by atoms with Crippen molar-refractivity contribution in [2.24, 2.45) is 5.92 Å². The number of hydrogen-bond acceptors (Lipinski definition) is 8. The maximum Gasteiger partial charge on any atom is 0.263 e. The van der Waals surface area contributed by atoms with Crippen LogP contribution in [0.1, 0.15) is 52.9 Å². The number of unbranched alkanes of at least 4 members (excludes halogenated alkanes) is 1. The van der Waals surface area contributed by atoms with E-state index in [1.54, 1.807) is 48.8 Å². The van der Waals surface area contributed by atoms with E-state index in [2.05, 4.69) is 25.6 Å². The van der Waals surface area contributed by atoms with E-state index in [9.17, 15) is 14.0 Å². The molecule has 55 heavy (non-hydrogen) atoms. The number of pyridine rings is 1. The molecule has 12 heteroatoms. The minimum atomic E-state index is -0.317. The Morgan fingerprint density at radius 3 is 2.69 bits per heavy atom. The van der Waals surface area contributed by atoms with Crippen LogP contribution >= 0.6 is 22.9 Å². The number of carbonyl (C=O) groups is 2. The number of halogens is 2. The van der Waals surface area contributed by atoms with Gasteiger partial charge in [-0.15, -0.1) is 11.3 Å². The van der Waals surface area contributed by atoms with Crippen LogP contribution in [0.5, 0.6) is 5.75 Å². The maximum atomic E-state index is 13.6. The molecule has 4 heterocycles. The standard InChI is InChI=1S/C43H40ClFN6O3S/c44-36-25-34(11-13-38(36)54-27-31-6-3-8-33(45)23-31)50-42-35-24-32(10-12-37(35)48-28-49-42)39-14-15-40(55-39)43(53)51-21-17-29(18-22-51)5-1-2-20-47-41(52)16-9-30-7-4-19-46-26-30/h3-4,6-16,19,23-26,28-29H,1-2,5,17-18,20-22,27H2,(H,47,52)(H,48,49,50)/b16-9+. The highest BCUT2D eigenvalue weighted by molar-refractivity contribution is 7.17. The van der Waals surface area contributed by atoms with Crippen LogP contribution in [0.2, 0.25) is 5.02 Å². The van der Waals surface area contributed by atoms with Gasteiger partial charge in [-0.25, -0.2) is 14.4 Å². The molecule has 0 atom stereocenters. The fourth-order valence-electron chi connectivity index (χ4n) is 6.59. The van der Waals surface area contributed by atoms with E-state index in [0.29, 0.717) is 34.6 Å². The Balaban J connectivity index is 0.897. The smallest absolute Gasteiger partial charge is 0.263 e. The van der Waals surface area contributed by atoms with Crippen molar-refractivity contribution in [3.05, 3.63) is 137 Å². The van der Waals surface area contributed by atoms with Gasteiger partial charge in [-0.3, -0.25) is 14.6 Å². The minimum Gasteiger partial charge on any atom is -0.487 e. The molecule has 0 saturated carbocycles. The lowest BCUT2D eigenvalue weighted by molar-refractivity contribution is -0.116. The zero-order valence-electron chi connectivity index (χ0n) is 30.1. The second-order valence-electron chi connectivity index (χ2n) is 13.4. The third kappa shape index (κ3) is 10.1. The topological polar surface area (TPSA) is 109 Å². The van der Waals surface area contributed by atoms with Crippen molar-refractivity contribution in [3.8, 4) is 16.2 Å². The fraction of sp³-hybridized carbons (Fsp3) is 0.233. The Kier molecular flexibility index (Phi) is 12.4. The van der Waals surface area contributed by atoms with E-state index in [4.69, 9.17) is 16.3 Å². The van der Waals surface area contributed by atoms with E-state index in [1.165, 1.54) is 29.8 Å². The lowest BCUT2D eigenvalue weighted by Crippen LogP contribution is -2.38. The van der Waals surface area contributed by atoms with Gasteiger partial charge in [0, 0.05) is 54.1 Å². The highest BCUT2D eigenvalue weighted by Crippen LogP contribution is 2.35. The molecule has 1 aliphatic heterocycles. The molecule has 280 valence electrons. The highest BCUT2D eigenvalue weighted by Gasteiger charge is 2.24. The fourth-order valence-corrected chi connectivity index (χ4v) is 7.80. The second-order valence-corrected chi connectivity index (χ2v) is 14.9. The number of aromatic nitrogens is 3. The highest BCUT2D eigenvalue weighted by atomic mass is 35.5. The third-order valence-corrected chi connectivity index (χ3v) is 11.0. The van der Waals surface area contributed by atoms with Crippen LogP contribution in [0, 0.1) is 11.7 Å². The van der Waals surface area contributed by atoms with Gasteiger partial charge in [0.15, 0.2) is 0 Å². The van der Waals surface area contributed by atoms with Gasteiger partial charge in [-0.2, -0.15) is 0 Å². The van der Waals surface area contributed by atoms with Crippen LogP contribution in [0.25, 0.3) is 27.4 Å². The van der Waals surface area contributed by atoms with Gasteiger partial charge in [0.05, 0.1) is 15.4 Å². The average molecular weight is 775 g/mol. The summed E-state index contributed by atoms with van der Waals surface area (Å²) in [7, 11) is 0. The summed E-state index contributed by atoms with van der Waals surface area (Å²) in [5, 5.41) is 7.55. The third-order valence-electron chi connectivity index (χ3n) is 9.57. The first-order chi connectivity index (χ1) is 26.9. The van der Waals surface area contributed by atoms with Gasteiger partial charge in [-0.1, -0.05) is 48.7 Å². The molecular formula is C43H40ClFN6O3S. The van der Waals surface area contributed by atoms with Gasteiger partial charge < -0.3 is 20.3 Å². The molecule has 6 aromatic rings. The molecule has 1 aliphatic rings. The van der Waals surface area contributed by atoms with Crippen LogP contribution in [-0.4, -0.2) is 51.3 Å². The summed E-state index contributed by atoms with van der Waals surface area (Å²) in [5.74, 6) is 1.34. The molecule has 0 bridgehead atoms. The normalized spacial score (nSPS) is 13.3. The van der Waals surface area contributed by atoms with Gasteiger partial charge in [0.2, 0.25) is 5.91 Å². The molecule has 1 saturated heterocycles. The van der Waals surface area contributed by atoms with E-state index in [1.807, 2.05) is 53.4 Å². The number of carbonyl (C=O) groups excluding carboxylic acids is 2. The number of nitrogens with zero attached hydrogens (tertiary/aromatic N) is 4. The Labute approximate surface area is 328 Å². The quantitative estimate of drug-likeness (QED) is 0.0838. The number of nitrogens with one attached hydrogen (secondary N) is 2. The molecule has 0 spiro atoms. The molecule has 0 unspecified atom stereocenters. The molecule has 2 N–H and O–H groups in total. The van der Waals surface area contributed by atoms with Gasteiger partial charge in [-0.05, 0) is 109 Å². The first kappa shape index (κ1) is 37.7. The maximum absolute atomic E-state index is 13.6. The van der Waals surface area contributed by atoms with E-state index in [0.717, 1.165) is 82.7 Å². The number of fused-ring (bicyclic) bond motifs is 1. The predicted octanol–water partition coefficient (Wildman–Crippen LogP) is 9.72. The summed E-state index contributed by atoms with van der Waals surface area (Å²) in [6, 6.07) is 25.3. The number of piperidine rings is 1. The van der Waals surface area contributed by atoms with Crippen molar-refractivity contribution in [1.29, 1.82) is 0 Å². The average Bonchev–Trinajstić information content (AvgIpc) is 3.71. The number of rotatable bonds is 14. The Hall–Kier alpha value is -5.65. The molecule has 7 rings (SSSR count). The monoisotopic (exact) mass is 774 g/mol. The SMILES string of the molecule is O=C(/C=C/c1cccnc1)NCCCCC1CCN(C(=O)c2ccc(-c3ccc4ncnc(Nc5ccc(OCc6cccc(F)c6)c(Cl)c5)c4c3)s2)CC1. The molecule has 0 aliphatic carbocycles. The lowest BCUT2D eigenvalue weighted by atomic mass is 9.91.